The minimum Gasteiger partial charge on any atom is -0.723 e. The predicted octanol–water partition coefficient (Wildman–Crippen LogP) is -2.37. The second kappa shape index (κ2) is 3.43. The monoisotopic (exact) mass is 131 g/mol. The first kappa shape index (κ1) is 8.40. The van der Waals surface area contributed by atoms with Gasteiger partial charge in [-0.3, -0.25) is 0 Å². The smallest absolute Gasteiger partial charge is 0.170 e. The summed E-state index contributed by atoms with van der Waals surface area (Å²) in [5.74, 6) is 1.81. The highest BCUT2D eigenvalue weighted by atomic mass is 17.1. The molecule has 52 valence electrons. The molecule has 2 N–H and O–H groups in total. The Morgan fingerprint density at radius 3 is 2.44 bits per heavy atom. The summed E-state index contributed by atoms with van der Waals surface area (Å²) < 4.78 is 0. The second-order valence-electron chi connectivity index (χ2n) is 1.60. The van der Waals surface area contributed by atoms with E-state index < -0.39 is 18.8 Å². The van der Waals surface area contributed by atoms with Crippen LogP contribution in [0.2, 0.25) is 0 Å². The highest BCUT2D eigenvalue weighted by Crippen LogP contribution is 1.99. The van der Waals surface area contributed by atoms with Crippen LogP contribution in [0.1, 0.15) is 0 Å². The van der Waals surface area contributed by atoms with Crippen molar-refractivity contribution in [3.8, 4) is 12.3 Å². The molecule has 0 aliphatic rings. The molecule has 0 saturated heterocycles. The minimum atomic E-state index is -1.82. The number of hydrogen-bond acceptors (Lipinski definition) is 4. The molecule has 0 aromatic rings. The van der Waals surface area contributed by atoms with E-state index in [0.29, 0.717) is 0 Å². The molecule has 4 heteroatoms. The highest BCUT2D eigenvalue weighted by molar-refractivity contribution is 5.06. The minimum absolute atomic E-state index is 0.597. The van der Waals surface area contributed by atoms with Gasteiger partial charge in [0.15, 0.2) is 5.60 Å². The average Bonchev–Trinajstić information content (AvgIpc) is 1.89. The Kier molecular flexibility index (Phi) is 3.20. The number of rotatable bonds is 3. The molecule has 4 nitrogen and oxygen atoms in total. The van der Waals surface area contributed by atoms with Crippen molar-refractivity contribution in [1.82, 2.24) is 0 Å². The molecular formula is C5H7O4-. The van der Waals surface area contributed by atoms with E-state index in [1.807, 2.05) is 5.92 Å². The van der Waals surface area contributed by atoms with Crippen molar-refractivity contribution in [1.29, 1.82) is 0 Å². The zero-order valence-corrected chi connectivity index (χ0v) is 4.70. The third kappa shape index (κ3) is 2.44. The number of aliphatic hydroxyl groups is 2. The largest absolute Gasteiger partial charge is 0.723 e. The molecule has 9 heavy (non-hydrogen) atoms. The van der Waals surface area contributed by atoms with Gasteiger partial charge in [-0.25, -0.2) is 0 Å². The van der Waals surface area contributed by atoms with Crippen LogP contribution in [0.5, 0.6) is 0 Å². The van der Waals surface area contributed by atoms with Crippen molar-refractivity contribution < 1.29 is 20.4 Å². The summed E-state index contributed by atoms with van der Waals surface area (Å²) in [5, 5.41) is 26.5. The Morgan fingerprint density at radius 2 is 2.33 bits per heavy atom. The Hall–Kier alpha value is -0.600. The van der Waals surface area contributed by atoms with E-state index in [4.69, 9.17) is 16.6 Å². The molecule has 0 aliphatic carbocycles. The van der Waals surface area contributed by atoms with Crippen LogP contribution in [0.25, 0.3) is 0 Å². The summed E-state index contributed by atoms with van der Waals surface area (Å²) in [6.45, 7) is -1.27. The van der Waals surface area contributed by atoms with E-state index in [2.05, 4.69) is 4.89 Å². The van der Waals surface area contributed by atoms with Gasteiger partial charge in [-0.1, -0.05) is 5.92 Å². The van der Waals surface area contributed by atoms with E-state index in [-0.39, 0.29) is 0 Å². The fourth-order valence-corrected chi connectivity index (χ4v) is 0.230. The van der Waals surface area contributed by atoms with Crippen molar-refractivity contribution in [2.75, 3.05) is 13.2 Å². The summed E-state index contributed by atoms with van der Waals surface area (Å²) >= 11 is 0. The maximum atomic E-state index is 9.40. The number of hydrogen-bond donors (Lipinski definition) is 2. The highest BCUT2D eigenvalue weighted by Gasteiger charge is 2.20. The lowest BCUT2D eigenvalue weighted by Gasteiger charge is -2.20. The van der Waals surface area contributed by atoms with Crippen LogP contribution in [0.3, 0.4) is 0 Å². The average molecular weight is 131 g/mol. The molecule has 0 aliphatic heterocycles. The van der Waals surface area contributed by atoms with Crippen LogP contribution in [-0.2, 0) is 4.89 Å². The quantitative estimate of drug-likeness (QED) is 0.255. The van der Waals surface area contributed by atoms with Crippen LogP contribution in [0.4, 0.5) is 0 Å². The Labute approximate surface area is 52.6 Å². The maximum absolute atomic E-state index is 9.40. The van der Waals surface area contributed by atoms with Crippen molar-refractivity contribution in [2.24, 2.45) is 0 Å². The van der Waals surface area contributed by atoms with Crippen LogP contribution >= 0.6 is 0 Å². The third-order valence-corrected chi connectivity index (χ3v) is 0.828. The van der Waals surface area contributed by atoms with E-state index in [0.717, 1.165) is 0 Å². The summed E-state index contributed by atoms with van der Waals surface area (Å²) in [7, 11) is 0. The lowest BCUT2D eigenvalue weighted by molar-refractivity contribution is -0.693. The summed E-state index contributed by atoms with van der Waals surface area (Å²) in [4.78, 5) is 3.29. The van der Waals surface area contributed by atoms with Crippen LogP contribution in [-0.4, -0.2) is 29.0 Å². The molecule has 0 bridgehead atoms. The van der Waals surface area contributed by atoms with Gasteiger partial charge in [-0.05, 0) is 0 Å². The third-order valence-electron chi connectivity index (χ3n) is 0.828. The van der Waals surface area contributed by atoms with E-state index >= 15 is 0 Å². The van der Waals surface area contributed by atoms with Crippen molar-refractivity contribution in [2.45, 2.75) is 5.60 Å². The molecule has 0 rings (SSSR count). The van der Waals surface area contributed by atoms with Crippen LogP contribution in [0.15, 0.2) is 0 Å². The van der Waals surface area contributed by atoms with Gasteiger partial charge in [0.05, 0.1) is 13.2 Å². The van der Waals surface area contributed by atoms with Gasteiger partial charge in [0.2, 0.25) is 0 Å². The molecule has 0 unspecified atom stereocenters. The number of terminal acetylenes is 1. The first-order chi connectivity index (χ1) is 4.18. The lowest BCUT2D eigenvalue weighted by Crippen LogP contribution is -2.38. The van der Waals surface area contributed by atoms with Gasteiger partial charge < -0.3 is 20.4 Å². The van der Waals surface area contributed by atoms with Crippen molar-refractivity contribution in [3.63, 3.8) is 0 Å². The van der Waals surface area contributed by atoms with Gasteiger partial charge in [-0.2, -0.15) is 0 Å². The Bertz CT molecular complexity index is 117. The molecule has 0 saturated carbocycles. The first-order valence-corrected chi connectivity index (χ1v) is 2.24. The fourth-order valence-electron chi connectivity index (χ4n) is 0.230. The van der Waals surface area contributed by atoms with Crippen LogP contribution in [0, 0.1) is 12.3 Å². The first-order valence-electron chi connectivity index (χ1n) is 2.24. The van der Waals surface area contributed by atoms with E-state index in [1.165, 1.54) is 0 Å². The molecule has 0 heterocycles. The molecule has 0 spiro atoms. The normalized spacial score (nSPS) is 16.2. The Morgan fingerprint density at radius 1 is 1.78 bits per heavy atom. The van der Waals surface area contributed by atoms with Gasteiger partial charge in [-0.15, -0.1) is 6.42 Å². The summed E-state index contributed by atoms with van der Waals surface area (Å²) in [6.07, 6.45) is 4.72. The molecular weight excluding hydrogens is 124 g/mol. The number of aliphatic hydroxyl groups excluding tert-OH is 1. The van der Waals surface area contributed by atoms with Gasteiger partial charge in [0.25, 0.3) is 0 Å². The zero-order valence-electron chi connectivity index (χ0n) is 4.70. The Balaban J connectivity index is 3.81. The van der Waals surface area contributed by atoms with Gasteiger partial charge in [0, 0.05) is 0 Å². The fraction of sp³-hybridized carbons (Fsp3) is 0.600. The summed E-state index contributed by atoms with van der Waals surface area (Å²) in [5.41, 5.74) is -1.82. The van der Waals surface area contributed by atoms with Crippen molar-refractivity contribution >= 4 is 0 Å². The van der Waals surface area contributed by atoms with Crippen LogP contribution < -0.4 is 5.26 Å². The maximum Gasteiger partial charge on any atom is 0.170 e. The topological polar surface area (TPSA) is 72.8 Å². The molecule has 0 fully saturated rings. The van der Waals surface area contributed by atoms with Gasteiger partial charge in [0.1, 0.15) is 0 Å². The molecule has 0 radical (unpaired) electrons. The molecule has 0 amide bonds. The van der Waals surface area contributed by atoms with E-state index in [1.54, 1.807) is 0 Å². The molecule has 0 aromatic heterocycles. The second-order valence-corrected chi connectivity index (χ2v) is 1.60. The molecule has 0 aromatic carbocycles. The SMILES string of the molecule is C#C[C@](O)(CO)CO[O-]. The zero-order chi connectivity index (χ0) is 7.33. The lowest BCUT2D eigenvalue weighted by atomic mass is 10.1. The van der Waals surface area contributed by atoms with Crippen molar-refractivity contribution in [3.05, 3.63) is 0 Å². The molecule has 1 atom stereocenters. The predicted molar refractivity (Wildman–Crippen MR) is 26.8 cm³/mol. The van der Waals surface area contributed by atoms with E-state index in [9.17, 15) is 5.26 Å². The summed E-state index contributed by atoms with van der Waals surface area (Å²) in [6, 6.07) is 0. The standard InChI is InChI=1S/C5H8O4/c1-2-5(7,3-6)4-9-8/h1,6-8H,3-4H2/p-1/t5-/m0/s1. The van der Waals surface area contributed by atoms with Gasteiger partial charge >= 0.3 is 0 Å².